The number of aromatic nitrogens is 1. The average molecular weight is 445 g/mol. The summed E-state index contributed by atoms with van der Waals surface area (Å²) in [5, 5.41) is 0. The Morgan fingerprint density at radius 3 is 2.35 bits per heavy atom. The van der Waals surface area contributed by atoms with Crippen molar-refractivity contribution in [3.63, 3.8) is 0 Å². The van der Waals surface area contributed by atoms with Gasteiger partial charge < -0.3 is 4.74 Å². The Hall–Kier alpha value is -2.42. The molecule has 2 heterocycles. The van der Waals surface area contributed by atoms with Crippen molar-refractivity contribution in [3.8, 4) is 0 Å². The Morgan fingerprint density at radius 1 is 1.06 bits per heavy atom. The summed E-state index contributed by atoms with van der Waals surface area (Å²) in [5.41, 5.74) is -2.13. The quantitative estimate of drug-likeness (QED) is 0.510. The Bertz CT molecular complexity index is 886. The standard InChI is InChI=1S/C22H21F6NO2/c23-21(24,25)16-7-5-15(6-8-16)18(12-17(30)11-14-3-2-10-31-13-14)20-19(22(26,27)28)4-1-9-29-20/h1,4-9,14,18H,2-3,10-13H2/t14?,18-/m0/s1. The van der Waals surface area contributed by atoms with Crippen molar-refractivity contribution in [2.75, 3.05) is 13.2 Å². The highest BCUT2D eigenvalue weighted by Gasteiger charge is 2.37. The maximum absolute atomic E-state index is 13.6. The third-order valence-corrected chi connectivity index (χ3v) is 5.32. The number of hydrogen-bond donors (Lipinski definition) is 0. The SMILES string of the molecule is O=C(CC1CCCOC1)C[C@@H](c1ccc(C(F)(F)F)cc1)c1ncccc1C(F)(F)F. The second-order valence-electron chi connectivity index (χ2n) is 7.64. The monoisotopic (exact) mass is 445 g/mol. The van der Waals surface area contributed by atoms with Crippen LogP contribution in [0.3, 0.4) is 0 Å². The van der Waals surface area contributed by atoms with E-state index in [4.69, 9.17) is 4.74 Å². The van der Waals surface area contributed by atoms with Crippen LogP contribution in [-0.2, 0) is 21.9 Å². The van der Waals surface area contributed by atoms with Gasteiger partial charge in [0.25, 0.3) is 0 Å². The van der Waals surface area contributed by atoms with E-state index in [1.807, 2.05) is 0 Å². The van der Waals surface area contributed by atoms with Gasteiger partial charge in [-0.3, -0.25) is 9.78 Å². The van der Waals surface area contributed by atoms with Crippen LogP contribution in [0.15, 0.2) is 42.6 Å². The van der Waals surface area contributed by atoms with Crippen LogP contribution in [0.1, 0.15) is 54.0 Å². The number of Topliss-reactive ketones (excluding diaryl/α,β-unsaturated/α-hetero) is 1. The minimum absolute atomic E-state index is 0.0136. The van der Waals surface area contributed by atoms with E-state index in [2.05, 4.69) is 4.98 Å². The summed E-state index contributed by atoms with van der Waals surface area (Å²) in [4.78, 5) is 16.6. The molecular weight excluding hydrogens is 424 g/mol. The van der Waals surface area contributed by atoms with Crippen LogP contribution >= 0.6 is 0 Å². The number of carbonyl (C=O) groups excluding carboxylic acids is 1. The van der Waals surface area contributed by atoms with Crippen molar-refractivity contribution in [2.24, 2.45) is 5.92 Å². The molecule has 1 aliphatic rings. The largest absolute Gasteiger partial charge is 0.418 e. The van der Waals surface area contributed by atoms with Gasteiger partial charge >= 0.3 is 12.4 Å². The lowest BCUT2D eigenvalue weighted by Gasteiger charge is -2.24. The molecule has 2 aromatic rings. The van der Waals surface area contributed by atoms with Crippen LogP contribution < -0.4 is 0 Å². The van der Waals surface area contributed by atoms with E-state index in [0.29, 0.717) is 13.2 Å². The van der Waals surface area contributed by atoms with Crippen LogP contribution in [0.5, 0.6) is 0 Å². The highest BCUT2D eigenvalue weighted by Crippen LogP contribution is 2.39. The highest BCUT2D eigenvalue weighted by molar-refractivity contribution is 5.80. The molecule has 168 valence electrons. The molecule has 0 bridgehead atoms. The molecule has 0 amide bonds. The zero-order valence-corrected chi connectivity index (χ0v) is 16.5. The van der Waals surface area contributed by atoms with Crippen molar-refractivity contribution in [1.82, 2.24) is 4.98 Å². The summed E-state index contributed by atoms with van der Waals surface area (Å²) >= 11 is 0. The molecule has 1 aliphatic heterocycles. The predicted octanol–water partition coefficient (Wildman–Crippen LogP) is 6.03. The molecule has 3 nitrogen and oxygen atoms in total. The maximum Gasteiger partial charge on any atom is 0.418 e. The summed E-state index contributed by atoms with van der Waals surface area (Å²) in [6.07, 6.45) is -6.66. The summed E-state index contributed by atoms with van der Waals surface area (Å²) < 4.78 is 84.8. The smallest absolute Gasteiger partial charge is 0.381 e. The number of ether oxygens (including phenoxy) is 1. The lowest BCUT2D eigenvalue weighted by molar-refractivity contribution is -0.139. The Labute approximate surface area is 175 Å². The fraction of sp³-hybridized carbons (Fsp3) is 0.455. The first-order valence-corrected chi connectivity index (χ1v) is 9.84. The molecule has 0 spiro atoms. The van der Waals surface area contributed by atoms with Gasteiger partial charge in [0.2, 0.25) is 0 Å². The van der Waals surface area contributed by atoms with Crippen molar-refractivity contribution in [3.05, 3.63) is 65.0 Å². The number of benzene rings is 1. The Kier molecular flexibility index (Phi) is 7.03. The van der Waals surface area contributed by atoms with E-state index >= 15 is 0 Å². The molecule has 9 heteroatoms. The van der Waals surface area contributed by atoms with E-state index in [9.17, 15) is 31.1 Å². The fourth-order valence-electron chi connectivity index (χ4n) is 3.81. The highest BCUT2D eigenvalue weighted by atomic mass is 19.4. The second-order valence-corrected chi connectivity index (χ2v) is 7.64. The number of hydrogen-bond acceptors (Lipinski definition) is 3. The Balaban J connectivity index is 1.94. The molecular formula is C22H21F6NO2. The molecule has 1 aromatic heterocycles. The van der Waals surface area contributed by atoms with E-state index in [1.54, 1.807) is 0 Å². The summed E-state index contributed by atoms with van der Waals surface area (Å²) in [6, 6.07) is 5.82. The number of carbonyl (C=O) groups is 1. The summed E-state index contributed by atoms with van der Waals surface area (Å²) in [5.74, 6) is -1.41. The fourth-order valence-corrected chi connectivity index (χ4v) is 3.81. The molecule has 2 atom stereocenters. The van der Waals surface area contributed by atoms with Gasteiger partial charge in [0, 0.05) is 38.2 Å². The van der Waals surface area contributed by atoms with Crippen molar-refractivity contribution < 1.29 is 35.9 Å². The molecule has 3 rings (SSSR count). The van der Waals surface area contributed by atoms with Gasteiger partial charge in [0.05, 0.1) is 16.8 Å². The number of ketones is 1. The van der Waals surface area contributed by atoms with Gasteiger partial charge in [-0.25, -0.2) is 0 Å². The predicted molar refractivity (Wildman–Crippen MR) is 100 cm³/mol. The third-order valence-electron chi connectivity index (χ3n) is 5.32. The summed E-state index contributed by atoms with van der Waals surface area (Å²) in [6.45, 7) is 1.02. The zero-order chi connectivity index (χ0) is 22.6. The minimum atomic E-state index is -4.71. The number of pyridine rings is 1. The molecule has 1 aromatic carbocycles. The zero-order valence-electron chi connectivity index (χ0n) is 16.5. The van der Waals surface area contributed by atoms with Gasteiger partial charge in [-0.1, -0.05) is 12.1 Å². The van der Waals surface area contributed by atoms with Crippen molar-refractivity contribution in [2.45, 2.75) is 44.0 Å². The number of nitrogens with zero attached hydrogens (tertiary/aromatic N) is 1. The number of rotatable bonds is 6. The number of alkyl halides is 6. The molecule has 0 saturated carbocycles. The molecule has 0 N–H and O–H groups in total. The van der Waals surface area contributed by atoms with Crippen LogP contribution in [0.2, 0.25) is 0 Å². The van der Waals surface area contributed by atoms with Gasteiger partial charge in [0.15, 0.2) is 0 Å². The van der Waals surface area contributed by atoms with Gasteiger partial charge in [0.1, 0.15) is 5.78 Å². The minimum Gasteiger partial charge on any atom is -0.381 e. The maximum atomic E-state index is 13.6. The van der Waals surface area contributed by atoms with Crippen LogP contribution in [0.4, 0.5) is 26.3 Å². The second kappa shape index (κ2) is 9.38. The molecule has 1 unspecified atom stereocenters. The van der Waals surface area contributed by atoms with Gasteiger partial charge in [-0.05, 0) is 48.6 Å². The molecule has 1 fully saturated rings. The van der Waals surface area contributed by atoms with E-state index < -0.39 is 29.4 Å². The topological polar surface area (TPSA) is 39.2 Å². The Morgan fingerprint density at radius 2 is 1.77 bits per heavy atom. The van der Waals surface area contributed by atoms with Crippen molar-refractivity contribution >= 4 is 5.78 Å². The van der Waals surface area contributed by atoms with Gasteiger partial charge in [-0.15, -0.1) is 0 Å². The van der Waals surface area contributed by atoms with E-state index in [0.717, 1.165) is 49.2 Å². The van der Waals surface area contributed by atoms with E-state index in [-0.39, 0.29) is 35.8 Å². The molecule has 1 saturated heterocycles. The van der Waals surface area contributed by atoms with Crippen LogP contribution in [-0.4, -0.2) is 24.0 Å². The lowest BCUT2D eigenvalue weighted by atomic mass is 9.85. The first kappa shape index (κ1) is 23.2. The number of halogens is 6. The van der Waals surface area contributed by atoms with Crippen LogP contribution in [0.25, 0.3) is 0 Å². The first-order valence-electron chi connectivity index (χ1n) is 9.84. The first-order chi connectivity index (χ1) is 14.6. The lowest BCUT2D eigenvalue weighted by Crippen LogP contribution is -2.22. The van der Waals surface area contributed by atoms with Crippen molar-refractivity contribution in [1.29, 1.82) is 0 Å². The molecule has 31 heavy (non-hydrogen) atoms. The molecule has 0 radical (unpaired) electrons. The third kappa shape index (κ3) is 6.06. The van der Waals surface area contributed by atoms with E-state index in [1.165, 1.54) is 6.20 Å². The average Bonchev–Trinajstić information content (AvgIpc) is 2.72. The molecule has 0 aliphatic carbocycles. The summed E-state index contributed by atoms with van der Waals surface area (Å²) in [7, 11) is 0. The normalized spacial score (nSPS) is 18.6. The van der Waals surface area contributed by atoms with Crippen LogP contribution in [0, 0.1) is 5.92 Å². The van der Waals surface area contributed by atoms with Gasteiger partial charge in [-0.2, -0.15) is 26.3 Å².